The molecule has 20 heavy (non-hydrogen) atoms. The normalized spacial score (nSPS) is 11.2. The molecule has 0 bridgehead atoms. The Bertz CT molecular complexity index is 816. The van der Waals surface area contributed by atoms with E-state index in [2.05, 4.69) is 35.1 Å². The van der Waals surface area contributed by atoms with Gasteiger partial charge in [0.2, 0.25) is 0 Å². The van der Waals surface area contributed by atoms with Crippen LogP contribution in [0.2, 0.25) is 0 Å². The molecule has 0 aliphatic rings. The second-order valence-electron chi connectivity index (χ2n) is 4.59. The van der Waals surface area contributed by atoms with E-state index in [1.165, 1.54) is 24.0 Å². The number of methoxy groups -OCH3 is 1. The van der Waals surface area contributed by atoms with Gasteiger partial charge < -0.3 is 4.74 Å². The molecule has 0 saturated carbocycles. The van der Waals surface area contributed by atoms with Gasteiger partial charge in [0.1, 0.15) is 0 Å². The van der Waals surface area contributed by atoms with Gasteiger partial charge in [0.25, 0.3) is 0 Å². The van der Waals surface area contributed by atoms with Crippen LogP contribution in [0.3, 0.4) is 0 Å². The lowest BCUT2D eigenvalue weighted by Crippen LogP contribution is -1.93. The Balaban J connectivity index is 2.29. The summed E-state index contributed by atoms with van der Waals surface area (Å²) >= 11 is 0. The van der Waals surface area contributed by atoms with Crippen LogP contribution in [0, 0.1) is 0 Å². The van der Waals surface area contributed by atoms with Crippen LogP contribution < -0.4 is 0 Å². The molecule has 0 aliphatic carbocycles. The van der Waals surface area contributed by atoms with Crippen molar-refractivity contribution in [1.29, 1.82) is 0 Å². The lowest BCUT2D eigenvalue weighted by molar-refractivity contribution is -0.134. The molecule has 0 fully saturated rings. The zero-order valence-corrected chi connectivity index (χ0v) is 11.2. The van der Waals surface area contributed by atoms with Gasteiger partial charge in [0, 0.05) is 6.08 Å². The van der Waals surface area contributed by atoms with E-state index in [1.54, 1.807) is 6.08 Å². The summed E-state index contributed by atoms with van der Waals surface area (Å²) in [6, 6.07) is 18.6. The summed E-state index contributed by atoms with van der Waals surface area (Å²) < 4.78 is 4.65. The first-order valence-electron chi connectivity index (χ1n) is 6.46. The van der Waals surface area contributed by atoms with Gasteiger partial charge in [-0.25, -0.2) is 4.79 Å². The number of rotatable bonds is 2. The first-order chi connectivity index (χ1) is 9.79. The molecular formula is C18H14O2. The summed E-state index contributed by atoms with van der Waals surface area (Å²) in [4.78, 5) is 11.3. The van der Waals surface area contributed by atoms with Gasteiger partial charge in [-0.05, 0) is 39.3 Å². The Morgan fingerprint density at radius 1 is 0.950 bits per heavy atom. The highest BCUT2D eigenvalue weighted by Crippen LogP contribution is 2.29. The molecular weight excluding hydrogens is 248 g/mol. The van der Waals surface area contributed by atoms with Crippen LogP contribution >= 0.6 is 0 Å². The van der Waals surface area contributed by atoms with E-state index in [0.29, 0.717) is 0 Å². The van der Waals surface area contributed by atoms with Gasteiger partial charge in [-0.2, -0.15) is 0 Å². The van der Waals surface area contributed by atoms with Crippen LogP contribution in [0.1, 0.15) is 5.56 Å². The van der Waals surface area contributed by atoms with Crippen LogP contribution in [0.4, 0.5) is 0 Å². The van der Waals surface area contributed by atoms with Gasteiger partial charge >= 0.3 is 5.97 Å². The van der Waals surface area contributed by atoms with E-state index in [-0.39, 0.29) is 5.97 Å². The Kier molecular flexibility index (Phi) is 3.21. The van der Waals surface area contributed by atoms with Crippen LogP contribution in [0.15, 0.2) is 60.7 Å². The number of hydrogen-bond acceptors (Lipinski definition) is 2. The van der Waals surface area contributed by atoms with E-state index in [0.717, 1.165) is 16.3 Å². The lowest BCUT2D eigenvalue weighted by atomic mass is 9.97. The minimum atomic E-state index is -0.345. The molecule has 0 unspecified atom stereocenters. The lowest BCUT2D eigenvalue weighted by Gasteiger charge is -2.07. The van der Waals surface area contributed by atoms with Crippen LogP contribution in [0.25, 0.3) is 27.6 Å². The number of benzene rings is 3. The summed E-state index contributed by atoms with van der Waals surface area (Å²) in [6.07, 6.45) is 3.26. The number of carbonyl (C=O) groups excluding carboxylic acids is 1. The summed E-state index contributed by atoms with van der Waals surface area (Å²) in [6.45, 7) is 0. The van der Waals surface area contributed by atoms with Gasteiger partial charge in [-0.1, -0.05) is 48.5 Å². The SMILES string of the molecule is COC(=O)C=Cc1cc2ccccc2c2ccccc12. The molecule has 0 aromatic heterocycles. The maximum atomic E-state index is 11.3. The molecule has 0 aliphatic heterocycles. The predicted molar refractivity (Wildman–Crippen MR) is 82.5 cm³/mol. The first-order valence-corrected chi connectivity index (χ1v) is 6.46. The van der Waals surface area contributed by atoms with Gasteiger partial charge in [0.15, 0.2) is 0 Å². The smallest absolute Gasteiger partial charge is 0.330 e. The topological polar surface area (TPSA) is 26.3 Å². The third-order valence-electron chi connectivity index (χ3n) is 3.40. The summed E-state index contributed by atoms with van der Waals surface area (Å²) in [7, 11) is 1.38. The minimum Gasteiger partial charge on any atom is -0.466 e. The maximum absolute atomic E-state index is 11.3. The van der Waals surface area contributed by atoms with E-state index in [1.807, 2.05) is 24.3 Å². The van der Waals surface area contributed by atoms with Crippen LogP contribution in [-0.4, -0.2) is 13.1 Å². The first kappa shape index (κ1) is 12.4. The summed E-state index contributed by atoms with van der Waals surface area (Å²) in [5.74, 6) is -0.345. The average molecular weight is 262 g/mol. The highest BCUT2D eigenvalue weighted by atomic mass is 16.5. The molecule has 0 spiro atoms. The predicted octanol–water partition coefficient (Wildman–Crippen LogP) is 4.18. The standard InChI is InChI=1S/C18H14O2/c1-20-18(19)11-10-14-12-13-6-2-3-7-15(13)17-9-5-4-8-16(14)17/h2-12H,1H3. The molecule has 3 aromatic carbocycles. The molecule has 0 radical (unpaired) electrons. The zero-order valence-electron chi connectivity index (χ0n) is 11.2. The van der Waals surface area contributed by atoms with Crippen molar-refractivity contribution in [3.05, 3.63) is 66.2 Å². The van der Waals surface area contributed by atoms with Gasteiger partial charge in [-0.3, -0.25) is 0 Å². The molecule has 2 heteroatoms. The monoisotopic (exact) mass is 262 g/mol. The number of carbonyl (C=O) groups is 1. The fourth-order valence-electron chi connectivity index (χ4n) is 2.45. The second-order valence-corrected chi connectivity index (χ2v) is 4.59. The van der Waals surface area contributed by atoms with Crippen LogP contribution in [0.5, 0.6) is 0 Å². The molecule has 2 nitrogen and oxygen atoms in total. The van der Waals surface area contributed by atoms with Crippen molar-refractivity contribution in [2.45, 2.75) is 0 Å². The van der Waals surface area contributed by atoms with Crippen LogP contribution in [-0.2, 0) is 9.53 Å². The van der Waals surface area contributed by atoms with E-state index < -0.39 is 0 Å². The van der Waals surface area contributed by atoms with E-state index in [4.69, 9.17) is 0 Å². The summed E-state index contributed by atoms with van der Waals surface area (Å²) in [5.41, 5.74) is 1.02. The van der Waals surface area contributed by atoms with Gasteiger partial charge in [-0.15, -0.1) is 0 Å². The second kappa shape index (κ2) is 5.17. The number of fused-ring (bicyclic) bond motifs is 3. The average Bonchev–Trinajstić information content (AvgIpc) is 2.52. The fraction of sp³-hybridized carbons (Fsp3) is 0.0556. The number of esters is 1. The molecule has 98 valence electrons. The van der Waals surface area contributed by atoms with Crippen molar-refractivity contribution in [2.75, 3.05) is 7.11 Å². The fourth-order valence-corrected chi connectivity index (χ4v) is 2.45. The van der Waals surface area contributed by atoms with Crippen molar-refractivity contribution in [2.24, 2.45) is 0 Å². The van der Waals surface area contributed by atoms with E-state index >= 15 is 0 Å². The van der Waals surface area contributed by atoms with E-state index in [9.17, 15) is 4.79 Å². The Morgan fingerprint density at radius 3 is 2.35 bits per heavy atom. The maximum Gasteiger partial charge on any atom is 0.330 e. The highest BCUT2D eigenvalue weighted by Gasteiger charge is 2.04. The number of hydrogen-bond donors (Lipinski definition) is 0. The zero-order chi connectivity index (χ0) is 13.9. The van der Waals surface area contributed by atoms with Crippen molar-refractivity contribution in [1.82, 2.24) is 0 Å². The Hall–Kier alpha value is -2.61. The van der Waals surface area contributed by atoms with Gasteiger partial charge in [0.05, 0.1) is 7.11 Å². The Labute approximate surface area is 117 Å². The number of ether oxygens (including phenoxy) is 1. The Morgan fingerprint density at radius 2 is 1.60 bits per heavy atom. The molecule has 0 atom stereocenters. The van der Waals surface area contributed by atoms with Crippen molar-refractivity contribution in [3.63, 3.8) is 0 Å². The van der Waals surface area contributed by atoms with Crippen molar-refractivity contribution in [3.8, 4) is 0 Å². The molecule has 3 aromatic rings. The third kappa shape index (κ3) is 2.16. The highest BCUT2D eigenvalue weighted by molar-refractivity contribution is 6.11. The van der Waals surface area contributed by atoms with Crippen molar-refractivity contribution >= 4 is 33.6 Å². The molecule has 0 amide bonds. The minimum absolute atomic E-state index is 0.345. The largest absolute Gasteiger partial charge is 0.466 e. The summed E-state index contributed by atoms with van der Waals surface area (Å²) in [5, 5.41) is 4.70. The quantitative estimate of drug-likeness (QED) is 0.393. The molecule has 3 rings (SSSR count). The van der Waals surface area contributed by atoms with Crippen molar-refractivity contribution < 1.29 is 9.53 Å². The molecule has 0 saturated heterocycles. The molecule has 0 heterocycles. The molecule has 0 N–H and O–H groups in total. The third-order valence-corrected chi connectivity index (χ3v) is 3.40.